The number of carbonyl (C=O) groups is 2. The van der Waals surface area contributed by atoms with Gasteiger partial charge in [0.1, 0.15) is 22.8 Å². The zero-order valence-corrected chi connectivity index (χ0v) is 21.0. The molecule has 3 rings (SSSR count). The average Bonchev–Trinajstić information content (AvgIpc) is 2.88. The lowest BCUT2D eigenvalue weighted by Crippen LogP contribution is -2.44. The Hall–Kier alpha value is -3.33. The highest BCUT2D eigenvalue weighted by Crippen LogP contribution is 2.34. The highest BCUT2D eigenvalue weighted by atomic mass is 35.5. The van der Waals surface area contributed by atoms with Gasteiger partial charge in [-0.05, 0) is 31.6 Å². The van der Waals surface area contributed by atoms with Crippen LogP contribution in [-0.4, -0.2) is 54.6 Å². The molecule has 2 aromatic carbocycles. The number of phenolic OH excluding ortho intramolecular Hbond substituents is 1. The summed E-state index contributed by atoms with van der Waals surface area (Å²) in [7, 11) is 2.92. The van der Waals surface area contributed by atoms with E-state index in [0.717, 1.165) is 36.6 Å². The number of urea groups is 1. The standard InChI is InChI=1S/C15H14O4.C10H18ClN3O2/c1-18-11-8-12(16)14(13(9-11)19-2)15(17)10-6-4-3-5-7-10;1-8-2-4-9(5-3-8)12-10(15)14(13-16)7-6-11/h3-9,16H,1-2H3;8-9H,2-7H2,1H3,(H,12,15). The van der Waals surface area contributed by atoms with Gasteiger partial charge in [0.05, 0.1) is 26.1 Å². The summed E-state index contributed by atoms with van der Waals surface area (Å²) < 4.78 is 10.2. The molecule has 190 valence electrons. The van der Waals surface area contributed by atoms with E-state index in [1.54, 1.807) is 30.3 Å². The Bertz CT molecular complexity index is 981. The number of phenols is 1. The monoisotopic (exact) mass is 505 g/mol. The minimum absolute atomic E-state index is 0.134. The second-order valence-corrected chi connectivity index (χ2v) is 8.60. The maximum absolute atomic E-state index is 12.4. The molecule has 2 amide bonds. The summed E-state index contributed by atoms with van der Waals surface area (Å²) in [6.45, 7) is 2.37. The van der Waals surface area contributed by atoms with E-state index >= 15 is 0 Å². The summed E-state index contributed by atoms with van der Waals surface area (Å²) in [5.41, 5.74) is 0.621. The van der Waals surface area contributed by atoms with Crippen molar-refractivity contribution in [2.24, 2.45) is 11.2 Å². The van der Waals surface area contributed by atoms with E-state index in [9.17, 15) is 19.6 Å². The predicted molar refractivity (Wildman–Crippen MR) is 134 cm³/mol. The first-order valence-electron chi connectivity index (χ1n) is 11.4. The van der Waals surface area contributed by atoms with Crippen molar-refractivity contribution in [2.75, 3.05) is 26.6 Å². The third kappa shape index (κ3) is 8.13. The predicted octanol–water partition coefficient (Wildman–Crippen LogP) is 5.14. The summed E-state index contributed by atoms with van der Waals surface area (Å²) in [6.07, 6.45) is 4.19. The van der Waals surface area contributed by atoms with Crippen LogP contribution in [0.25, 0.3) is 0 Å². The zero-order valence-electron chi connectivity index (χ0n) is 20.2. The molecule has 0 aromatic heterocycles. The van der Waals surface area contributed by atoms with Gasteiger partial charge in [-0.3, -0.25) is 4.79 Å². The van der Waals surface area contributed by atoms with Gasteiger partial charge in [-0.2, -0.15) is 5.01 Å². The van der Waals surface area contributed by atoms with Crippen LogP contribution < -0.4 is 14.8 Å². The number of amides is 2. The van der Waals surface area contributed by atoms with Crippen LogP contribution in [-0.2, 0) is 0 Å². The largest absolute Gasteiger partial charge is 0.507 e. The van der Waals surface area contributed by atoms with Crippen molar-refractivity contribution >= 4 is 23.4 Å². The average molecular weight is 506 g/mol. The first-order chi connectivity index (χ1) is 16.8. The fourth-order valence-corrected chi connectivity index (χ4v) is 3.89. The van der Waals surface area contributed by atoms with Gasteiger partial charge in [0.2, 0.25) is 5.78 Å². The number of halogens is 1. The molecular weight excluding hydrogens is 474 g/mol. The summed E-state index contributed by atoms with van der Waals surface area (Å²) in [6, 6.07) is 11.4. The van der Waals surface area contributed by atoms with Crippen LogP contribution in [0.1, 0.15) is 48.5 Å². The molecule has 0 saturated heterocycles. The molecule has 1 saturated carbocycles. The second-order valence-electron chi connectivity index (χ2n) is 8.22. The van der Waals surface area contributed by atoms with Crippen LogP contribution in [0.4, 0.5) is 4.79 Å². The van der Waals surface area contributed by atoms with Gasteiger partial charge in [0.15, 0.2) is 0 Å². The molecule has 1 fully saturated rings. The molecule has 1 aliphatic carbocycles. The number of ketones is 1. The van der Waals surface area contributed by atoms with Crippen molar-refractivity contribution in [1.29, 1.82) is 0 Å². The first-order valence-corrected chi connectivity index (χ1v) is 11.9. The zero-order chi connectivity index (χ0) is 25.8. The number of hydrogen-bond donors (Lipinski definition) is 2. The van der Waals surface area contributed by atoms with Gasteiger partial charge in [0, 0.05) is 29.6 Å². The molecule has 0 radical (unpaired) electrons. The van der Waals surface area contributed by atoms with Gasteiger partial charge in [0.25, 0.3) is 0 Å². The lowest BCUT2D eigenvalue weighted by molar-refractivity contribution is 0.103. The lowest BCUT2D eigenvalue weighted by Gasteiger charge is -2.27. The molecule has 0 unspecified atom stereocenters. The molecule has 0 heterocycles. The number of methoxy groups -OCH3 is 2. The van der Waals surface area contributed by atoms with Crippen LogP contribution in [0, 0.1) is 10.8 Å². The van der Waals surface area contributed by atoms with Gasteiger partial charge in [-0.1, -0.05) is 37.3 Å². The highest BCUT2D eigenvalue weighted by molar-refractivity contribution is 6.18. The fraction of sp³-hybridized carbons (Fsp3) is 0.440. The molecule has 9 nitrogen and oxygen atoms in total. The number of rotatable bonds is 8. The Labute approximate surface area is 210 Å². The van der Waals surface area contributed by atoms with Crippen LogP contribution in [0.15, 0.2) is 47.8 Å². The van der Waals surface area contributed by atoms with E-state index in [4.69, 9.17) is 21.1 Å². The molecule has 1 aliphatic rings. The Balaban J connectivity index is 0.000000251. The number of benzene rings is 2. The number of aromatic hydroxyl groups is 1. The number of alkyl halides is 1. The smallest absolute Gasteiger partial charge is 0.340 e. The Morgan fingerprint density at radius 3 is 2.31 bits per heavy atom. The minimum atomic E-state index is -0.435. The van der Waals surface area contributed by atoms with Gasteiger partial charge < -0.3 is 19.9 Å². The van der Waals surface area contributed by atoms with E-state index in [1.165, 1.54) is 20.3 Å². The topological polar surface area (TPSA) is 118 Å². The molecule has 0 spiro atoms. The molecule has 0 aliphatic heterocycles. The molecule has 35 heavy (non-hydrogen) atoms. The van der Waals surface area contributed by atoms with Crippen molar-refractivity contribution in [2.45, 2.75) is 38.6 Å². The van der Waals surface area contributed by atoms with Crippen LogP contribution in [0.2, 0.25) is 0 Å². The van der Waals surface area contributed by atoms with Crippen molar-refractivity contribution in [1.82, 2.24) is 10.3 Å². The molecule has 0 bridgehead atoms. The van der Waals surface area contributed by atoms with Crippen molar-refractivity contribution in [3.8, 4) is 17.2 Å². The van der Waals surface area contributed by atoms with E-state index in [2.05, 4.69) is 17.5 Å². The van der Waals surface area contributed by atoms with Crippen LogP contribution in [0.5, 0.6) is 17.2 Å². The number of nitroso groups, excluding NO2 is 1. The molecule has 2 N–H and O–H groups in total. The third-order valence-corrected chi connectivity index (χ3v) is 5.92. The fourth-order valence-electron chi connectivity index (χ4n) is 3.73. The van der Waals surface area contributed by atoms with E-state index < -0.39 is 6.03 Å². The first kappa shape index (κ1) is 27.9. The lowest BCUT2D eigenvalue weighted by atomic mass is 9.87. The van der Waals surface area contributed by atoms with Crippen molar-refractivity contribution in [3.63, 3.8) is 0 Å². The molecule has 2 aromatic rings. The van der Waals surface area contributed by atoms with Gasteiger partial charge in [-0.25, -0.2) is 4.79 Å². The maximum atomic E-state index is 12.4. The van der Waals surface area contributed by atoms with Gasteiger partial charge >= 0.3 is 6.03 Å². The molecular formula is C25H32ClN3O6. The number of nitrogens with zero attached hydrogens (tertiary/aromatic N) is 2. The van der Waals surface area contributed by atoms with E-state index in [-0.39, 0.29) is 41.3 Å². The van der Waals surface area contributed by atoms with E-state index in [0.29, 0.717) is 11.3 Å². The van der Waals surface area contributed by atoms with E-state index in [1.807, 2.05) is 6.07 Å². The van der Waals surface area contributed by atoms with Gasteiger partial charge in [-0.15, -0.1) is 16.5 Å². The van der Waals surface area contributed by atoms with Crippen LogP contribution in [0.3, 0.4) is 0 Å². The van der Waals surface area contributed by atoms with Crippen molar-refractivity contribution < 1.29 is 24.2 Å². The highest BCUT2D eigenvalue weighted by Gasteiger charge is 2.23. The van der Waals surface area contributed by atoms with Crippen LogP contribution >= 0.6 is 11.6 Å². The molecule has 0 atom stereocenters. The van der Waals surface area contributed by atoms with Crippen molar-refractivity contribution in [3.05, 3.63) is 58.5 Å². The molecule has 10 heteroatoms. The summed E-state index contributed by atoms with van der Waals surface area (Å²) in [5, 5.41) is 16.3. The summed E-state index contributed by atoms with van der Waals surface area (Å²) >= 11 is 5.46. The maximum Gasteiger partial charge on any atom is 0.340 e. The normalized spacial score (nSPS) is 16.8. The number of nitrogens with one attached hydrogen (secondary N) is 1. The minimum Gasteiger partial charge on any atom is -0.507 e. The SMILES string of the molecule is CC1CCC(NC(=O)N(CCCl)N=O)CC1.COc1cc(O)c(C(=O)c2ccccc2)c(OC)c1. The summed E-state index contributed by atoms with van der Waals surface area (Å²) in [5.74, 6) is 1.20. The number of carbonyl (C=O) groups excluding carboxylic acids is 2. The number of ether oxygens (including phenoxy) is 2. The Kier molecular flexibility index (Phi) is 11.3. The Morgan fingerprint density at radius 2 is 1.77 bits per heavy atom. The number of hydrogen-bond acceptors (Lipinski definition) is 7. The Morgan fingerprint density at radius 1 is 1.11 bits per heavy atom. The second kappa shape index (κ2) is 14.2. The third-order valence-electron chi connectivity index (χ3n) is 5.75. The summed E-state index contributed by atoms with van der Waals surface area (Å²) in [4.78, 5) is 34.3. The quantitative estimate of drug-likeness (QED) is 0.222.